The van der Waals surface area contributed by atoms with Crippen molar-refractivity contribution in [1.82, 2.24) is 24.5 Å². The van der Waals surface area contributed by atoms with Crippen LogP contribution < -0.4 is 19.7 Å². The number of aromatic nitrogens is 2. The quantitative estimate of drug-likeness (QED) is 0.113. The van der Waals surface area contributed by atoms with Crippen LogP contribution in [0.25, 0.3) is 16.6 Å². The monoisotopic (exact) mass is 861 g/mol. The molecule has 2 saturated heterocycles. The average molecular weight is 863 g/mol. The van der Waals surface area contributed by atoms with Gasteiger partial charge in [0.2, 0.25) is 0 Å². The number of piperidine rings is 1. The lowest BCUT2D eigenvalue weighted by molar-refractivity contribution is 0.0979. The van der Waals surface area contributed by atoms with Gasteiger partial charge in [0.05, 0.1) is 22.3 Å². The average Bonchev–Trinajstić information content (AvgIpc) is 3.98. The molecule has 0 radical (unpaired) electrons. The van der Waals surface area contributed by atoms with Gasteiger partial charge in [0, 0.05) is 80.4 Å². The Hall–Kier alpha value is -4.88. The van der Waals surface area contributed by atoms with Crippen molar-refractivity contribution in [3.05, 3.63) is 112 Å². The number of anilines is 2. The lowest BCUT2D eigenvalue weighted by atomic mass is 9.72. The minimum atomic E-state index is -4.22. The number of nitrogens with zero attached hydrogens (tertiary/aromatic N) is 4. The zero-order valence-electron chi connectivity index (χ0n) is 35.3. The number of allylic oxidation sites excluding steroid dienone is 1. The van der Waals surface area contributed by atoms with E-state index in [1.807, 2.05) is 43.3 Å². The molecule has 320 valence electrons. The van der Waals surface area contributed by atoms with Crippen molar-refractivity contribution < 1.29 is 17.9 Å². The largest absolute Gasteiger partial charge is 0.454 e. The van der Waals surface area contributed by atoms with Crippen molar-refractivity contribution in [1.29, 1.82) is 0 Å². The number of nitrogens with one attached hydrogen (secondary N) is 3. The van der Waals surface area contributed by atoms with Crippen LogP contribution in [0.5, 0.6) is 11.5 Å². The number of fused-ring (bicyclic) bond motifs is 1. The highest BCUT2D eigenvalue weighted by molar-refractivity contribution is 7.90. The minimum absolute atomic E-state index is 0.0266. The fraction of sp³-hybridized carbons (Fsp3) is 0.417. The molecule has 61 heavy (non-hydrogen) atoms. The molecule has 5 aromatic rings. The number of carbonyl (C=O) groups is 1. The predicted octanol–water partition coefficient (Wildman–Crippen LogP) is 9.26. The first-order valence-corrected chi connectivity index (χ1v) is 23.6. The summed E-state index contributed by atoms with van der Waals surface area (Å²) in [5.74, 6) is -0.0765. The fourth-order valence-electron chi connectivity index (χ4n) is 9.29. The summed E-state index contributed by atoms with van der Waals surface area (Å²) in [6.07, 6.45) is 9.63. The Morgan fingerprint density at radius 3 is 2.43 bits per heavy atom. The van der Waals surface area contributed by atoms with E-state index in [1.54, 1.807) is 36.7 Å². The van der Waals surface area contributed by atoms with E-state index < -0.39 is 15.9 Å². The fourth-order valence-corrected chi connectivity index (χ4v) is 10.5. The maximum Gasteiger partial charge on any atom is 0.268 e. The number of benzene rings is 4. The number of rotatable bonds is 12. The molecular formula is C48H56ClN7O4S. The van der Waals surface area contributed by atoms with Gasteiger partial charge < -0.3 is 24.8 Å². The van der Waals surface area contributed by atoms with Gasteiger partial charge in [-0.3, -0.25) is 9.69 Å². The van der Waals surface area contributed by atoms with E-state index in [-0.39, 0.29) is 21.6 Å². The number of piperazine rings is 1. The van der Waals surface area contributed by atoms with Gasteiger partial charge in [-0.25, -0.2) is 18.1 Å². The van der Waals surface area contributed by atoms with Crippen molar-refractivity contribution in [2.24, 2.45) is 5.41 Å². The molecule has 1 saturated carbocycles. The number of likely N-dealkylation sites (tertiary alicyclic amines) is 1. The van der Waals surface area contributed by atoms with E-state index >= 15 is 0 Å². The maximum atomic E-state index is 14.0. The standard InChI is InChI=1S/C48H56ClN7O4S/c1-32-27-39(14-16-42(32)52-36-18-21-55(22-19-36)37-11-12-37)61(58,59)53-47(57)40-15-13-38(28-45(40)60-44-6-4-5-43-46(44)51-31-50-43)56-25-23-54(24-26-56)30-34-17-20-48(2,3)29-41(34)33-7-9-35(49)10-8-33/h4-10,13-16,27-28,31,36-37,52H,11-12,17-26,29-30H2,1-3H3,(H,50,51)(H,53,57). The summed E-state index contributed by atoms with van der Waals surface area (Å²) in [6, 6.07) is 25.3. The van der Waals surface area contributed by atoms with Gasteiger partial charge in [0.1, 0.15) is 11.3 Å². The predicted molar refractivity (Wildman–Crippen MR) is 244 cm³/mol. The number of ether oxygens (including phenoxy) is 1. The van der Waals surface area contributed by atoms with Crippen molar-refractivity contribution in [2.45, 2.75) is 82.7 Å². The van der Waals surface area contributed by atoms with Crippen LogP contribution in [0.3, 0.4) is 0 Å². The summed E-state index contributed by atoms with van der Waals surface area (Å²) < 4.78 is 36.4. The number of halogens is 1. The number of imidazole rings is 1. The molecule has 0 bridgehead atoms. The van der Waals surface area contributed by atoms with E-state index in [2.05, 4.69) is 60.7 Å². The van der Waals surface area contributed by atoms with Crippen LogP contribution in [0.4, 0.5) is 11.4 Å². The Morgan fingerprint density at radius 2 is 1.69 bits per heavy atom. The summed E-state index contributed by atoms with van der Waals surface area (Å²) >= 11 is 6.26. The molecule has 1 aromatic heterocycles. The summed E-state index contributed by atoms with van der Waals surface area (Å²) in [4.78, 5) is 29.0. The SMILES string of the molecule is Cc1cc(S(=O)(=O)NC(=O)c2ccc(N3CCN(CC4=C(c5ccc(Cl)cc5)CC(C)(C)CC4)CC3)cc2Oc2cccc3[nH]cnc23)ccc1NC1CCN(C2CC2)CC1. The second kappa shape index (κ2) is 17.1. The lowest BCUT2D eigenvalue weighted by Gasteiger charge is -2.39. The molecular weight excluding hydrogens is 806 g/mol. The van der Waals surface area contributed by atoms with Crippen molar-refractivity contribution >= 4 is 55.5 Å². The number of aryl methyl sites for hydroxylation is 1. The Morgan fingerprint density at radius 1 is 0.918 bits per heavy atom. The van der Waals surface area contributed by atoms with E-state index in [0.717, 1.165) is 105 Å². The Balaban J connectivity index is 0.909. The summed E-state index contributed by atoms with van der Waals surface area (Å²) in [6.45, 7) is 13.0. The Kier molecular flexibility index (Phi) is 11.6. The third-order valence-electron chi connectivity index (χ3n) is 13.1. The van der Waals surface area contributed by atoms with Gasteiger partial charge in [0.25, 0.3) is 15.9 Å². The number of hydrogen-bond acceptors (Lipinski definition) is 9. The van der Waals surface area contributed by atoms with Gasteiger partial charge >= 0.3 is 0 Å². The lowest BCUT2D eigenvalue weighted by Crippen LogP contribution is -2.47. The second-order valence-corrected chi connectivity index (χ2v) is 20.2. The smallest absolute Gasteiger partial charge is 0.268 e. The molecule has 4 aliphatic rings. The zero-order valence-corrected chi connectivity index (χ0v) is 36.9. The number of H-pyrrole nitrogens is 1. The van der Waals surface area contributed by atoms with Crippen LogP contribution in [0.2, 0.25) is 5.02 Å². The highest BCUT2D eigenvalue weighted by Gasteiger charge is 2.33. The summed E-state index contributed by atoms with van der Waals surface area (Å²) in [7, 11) is -4.22. The molecule has 2 aliphatic carbocycles. The topological polar surface area (TPSA) is 123 Å². The summed E-state index contributed by atoms with van der Waals surface area (Å²) in [5.41, 5.74) is 8.56. The molecule has 3 fully saturated rings. The molecule has 11 nitrogen and oxygen atoms in total. The third-order valence-corrected chi connectivity index (χ3v) is 14.6. The molecule has 3 heterocycles. The molecule has 13 heteroatoms. The van der Waals surface area contributed by atoms with Gasteiger partial charge in [-0.2, -0.15) is 0 Å². The number of para-hydroxylation sites is 1. The van der Waals surface area contributed by atoms with Crippen LogP contribution in [0.1, 0.15) is 80.3 Å². The van der Waals surface area contributed by atoms with Crippen molar-refractivity contribution in [3.63, 3.8) is 0 Å². The minimum Gasteiger partial charge on any atom is -0.454 e. The molecule has 0 spiro atoms. The molecule has 2 aliphatic heterocycles. The highest BCUT2D eigenvalue weighted by Crippen LogP contribution is 2.43. The van der Waals surface area contributed by atoms with Crippen LogP contribution in [-0.4, -0.2) is 92.0 Å². The molecule has 0 atom stereocenters. The van der Waals surface area contributed by atoms with Gasteiger partial charge in [-0.15, -0.1) is 0 Å². The Bertz CT molecular complexity index is 2550. The molecule has 4 aromatic carbocycles. The second-order valence-electron chi connectivity index (χ2n) is 18.1. The van der Waals surface area contributed by atoms with Crippen molar-refractivity contribution in [3.8, 4) is 11.5 Å². The molecule has 1 amide bonds. The number of sulfonamides is 1. The highest BCUT2D eigenvalue weighted by atomic mass is 35.5. The normalized spacial score (nSPS) is 19.3. The molecule has 9 rings (SSSR count). The number of aromatic amines is 1. The van der Waals surface area contributed by atoms with E-state index in [9.17, 15) is 13.2 Å². The number of carbonyl (C=O) groups excluding carboxylic acids is 1. The van der Waals surface area contributed by atoms with Crippen LogP contribution >= 0.6 is 11.6 Å². The Labute approximate surface area is 364 Å². The van der Waals surface area contributed by atoms with Crippen LogP contribution in [0, 0.1) is 12.3 Å². The van der Waals surface area contributed by atoms with Crippen molar-refractivity contribution in [2.75, 3.05) is 56.0 Å². The zero-order chi connectivity index (χ0) is 42.3. The van der Waals surface area contributed by atoms with Gasteiger partial charge in [0.15, 0.2) is 5.75 Å². The molecule has 0 unspecified atom stereocenters. The number of hydrogen-bond donors (Lipinski definition) is 3. The third kappa shape index (κ3) is 9.48. The number of amides is 1. The first kappa shape index (κ1) is 41.5. The first-order chi connectivity index (χ1) is 29.4. The van der Waals surface area contributed by atoms with Crippen LogP contribution in [0.15, 0.2) is 95.7 Å². The van der Waals surface area contributed by atoms with E-state index in [1.165, 1.54) is 36.0 Å². The first-order valence-electron chi connectivity index (χ1n) is 21.7. The maximum absolute atomic E-state index is 14.0. The van der Waals surface area contributed by atoms with Gasteiger partial charge in [-0.1, -0.05) is 49.2 Å². The molecule has 3 N–H and O–H groups in total. The van der Waals surface area contributed by atoms with E-state index in [0.29, 0.717) is 17.3 Å². The van der Waals surface area contributed by atoms with E-state index in [4.69, 9.17) is 16.3 Å². The van der Waals surface area contributed by atoms with Gasteiger partial charge in [-0.05, 0) is 129 Å². The summed E-state index contributed by atoms with van der Waals surface area (Å²) in [5, 5.41) is 4.39. The van der Waals surface area contributed by atoms with Crippen LogP contribution in [-0.2, 0) is 10.0 Å².